The van der Waals surface area contributed by atoms with Crippen LogP contribution < -0.4 is 5.32 Å². The zero-order chi connectivity index (χ0) is 12.3. The number of aromatic nitrogens is 2. The highest BCUT2D eigenvalue weighted by Crippen LogP contribution is 2.02. The Hall–Kier alpha value is -0.910. The maximum Gasteiger partial charge on any atom is 0.0948 e. The minimum absolute atomic E-state index is 0.738. The molecule has 0 bridgehead atoms. The Kier molecular flexibility index (Phi) is 7.62. The summed E-state index contributed by atoms with van der Waals surface area (Å²) < 4.78 is 12.2. The number of nitrogens with zero attached hydrogens (tertiary/aromatic N) is 2. The van der Waals surface area contributed by atoms with E-state index in [0.29, 0.717) is 0 Å². The summed E-state index contributed by atoms with van der Waals surface area (Å²) in [6, 6.07) is 0. The van der Waals surface area contributed by atoms with Crippen molar-refractivity contribution in [3.8, 4) is 0 Å². The lowest BCUT2D eigenvalue weighted by Crippen LogP contribution is -2.20. The summed E-state index contributed by atoms with van der Waals surface area (Å²) in [5.74, 6) is 0. The van der Waals surface area contributed by atoms with Crippen LogP contribution in [0.3, 0.4) is 0 Å². The van der Waals surface area contributed by atoms with Gasteiger partial charge in [-0.3, -0.25) is 0 Å². The second-order valence-corrected chi connectivity index (χ2v) is 3.95. The minimum Gasteiger partial charge on any atom is -0.385 e. The van der Waals surface area contributed by atoms with Crippen LogP contribution in [0.1, 0.15) is 18.5 Å². The monoisotopic (exact) mass is 241 g/mol. The van der Waals surface area contributed by atoms with Gasteiger partial charge in [0.05, 0.1) is 18.6 Å². The second-order valence-electron chi connectivity index (χ2n) is 3.95. The lowest BCUT2D eigenvalue weighted by atomic mass is 10.3. The smallest absolute Gasteiger partial charge is 0.0948 e. The van der Waals surface area contributed by atoms with Crippen LogP contribution >= 0.6 is 0 Å². The van der Waals surface area contributed by atoms with Crippen molar-refractivity contribution >= 4 is 0 Å². The van der Waals surface area contributed by atoms with Gasteiger partial charge < -0.3 is 19.4 Å². The lowest BCUT2D eigenvalue weighted by molar-refractivity contribution is 0.191. The average Bonchev–Trinajstić information content (AvgIpc) is 2.78. The molecule has 0 aliphatic heterocycles. The van der Waals surface area contributed by atoms with Gasteiger partial charge in [0.15, 0.2) is 0 Å². The molecule has 0 aromatic carbocycles. The number of rotatable bonds is 10. The zero-order valence-corrected chi connectivity index (χ0v) is 10.8. The molecule has 0 saturated heterocycles. The molecule has 1 N–H and O–H groups in total. The molecule has 1 aromatic rings. The fraction of sp³-hybridized carbons (Fsp3) is 0.750. The summed E-state index contributed by atoms with van der Waals surface area (Å²) in [6.07, 6.45) is 6.01. The number of methoxy groups -OCH3 is 2. The fourth-order valence-corrected chi connectivity index (χ4v) is 1.62. The highest BCUT2D eigenvalue weighted by atomic mass is 16.5. The molecule has 0 amide bonds. The van der Waals surface area contributed by atoms with Crippen LogP contribution in [0.15, 0.2) is 12.5 Å². The minimum atomic E-state index is 0.738. The van der Waals surface area contributed by atoms with Crippen molar-refractivity contribution < 1.29 is 9.47 Å². The quantitative estimate of drug-likeness (QED) is 0.622. The highest BCUT2D eigenvalue weighted by molar-refractivity contribution is 4.97. The molecule has 0 unspecified atom stereocenters. The third-order valence-electron chi connectivity index (χ3n) is 2.59. The van der Waals surface area contributed by atoms with Crippen LogP contribution in [0.25, 0.3) is 0 Å². The maximum absolute atomic E-state index is 5.03. The summed E-state index contributed by atoms with van der Waals surface area (Å²) in [4.78, 5) is 4.18. The van der Waals surface area contributed by atoms with Gasteiger partial charge in [-0.1, -0.05) is 0 Å². The Morgan fingerprint density at radius 2 is 2.06 bits per heavy atom. The first-order valence-electron chi connectivity index (χ1n) is 6.06. The Balaban J connectivity index is 2.22. The molecule has 1 heterocycles. The topological polar surface area (TPSA) is 48.3 Å². The molecular formula is C12H23N3O2. The molecule has 1 aromatic heterocycles. The molecule has 0 aliphatic rings. The molecule has 5 heteroatoms. The van der Waals surface area contributed by atoms with Crippen molar-refractivity contribution in [1.29, 1.82) is 0 Å². The van der Waals surface area contributed by atoms with Crippen LogP contribution in [-0.4, -0.2) is 43.5 Å². The molecule has 1 rings (SSSR count). The number of hydrogen-bond donors (Lipinski definition) is 1. The molecule has 5 nitrogen and oxygen atoms in total. The van der Waals surface area contributed by atoms with Gasteiger partial charge in [0.2, 0.25) is 0 Å². The second kappa shape index (κ2) is 9.15. The molecule has 0 saturated carbocycles. The molecular weight excluding hydrogens is 218 g/mol. The van der Waals surface area contributed by atoms with E-state index in [1.807, 2.05) is 12.5 Å². The Morgan fingerprint density at radius 1 is 1.24 bits per heavy atom. The first kappa shape index (κ1) is 14.2. The van der Waals surface area contributed by atoms with Crippen LogP contribution in [0.2, 0.25) is 0 Å². The molecule has 0 atom stereocenters. The van der Waals surface area contributed by atoms with Gasteiger partial charge in [0.25, 0.3) is 0 Å². The van der Waals surface area contributed by atoms with E-state index in [0.717, 1.165) is 45.7 Å². The van der Waals surface area contributed by atoms with Gasteiger partial charge in [-0.2, -0.15) is 0 Å². The van der Waals surface area contributed by atoms with E-state index in [1.54, 1.807) is 14.2 Å². The van der Waals surface area contributed by atoms with Gasteiger partial charge in [-0.15, -0.1) is 0 Å². The Morgan fingerprint density at radius 3 is 2.82 bits per heavy atom. The van der Waals surface area contributed by atoms with E-state index in [9.17, 15) is 0 Å². The van der Waals surface area contributed by atoms with Crippen molar-refractivity contribution in [2.24, 2.45) is 0 Å². The first-order valence-corrected chi connectivity index (χ1v) is 6.06. The molecule has 0 fully saturated rings. The molecule has 0 aliphatic carbocycles. The van der Waals surface area contributed by atoms with Gasteiger partial charge in [0.1, 0.15) is 0 Å². The largest absolute Gasteiger partial charge is 0.385 e. The number of imidazole rings is 1. The summed E-state index contributed by atoms with van der Waals surface area (Å²) in [6.45, 7) is 4.28. The van der Waals surface area contributed by atoms with E-state index in [1.165, 1.54) is 5.69 Å². The predicted molar refractivity (Wildman–Crippen MR) is 66.9 cm³/mol. The summed E-state index contributed by atoms with van der Waals surface area (Å²) in [5.41, 5.74) is 1.22. The number of hydrogen-bond acceptors (Lipinski definition) is 4. The molecule has 17 heavy (non-hydrogen) atoms. The average molecular weight is 241 g/mol. The van der Waals surface area contributed by atoms with Gasteiger partial charge in [-0.25, -0.2) is 4.98 Å². The van der Waals surface area contributed by atoms with Crippen molar-refractivity contribution in [1.82, 2.24) is 14.9 Å². The van der Waals surface area contributed by atoms with E-state index in [4.69, 9.17) is 9.47 Å². The Bertz CT molecular complexity index is 263. The third kappa shape index (κ3) is 5.81. The van der Waals surface area contributed by atoms with Crippen molar-refractivity contribution in [3.05, 3.63) is 18.2 Å². The normalized spacial score (nSPS) is 10.9. The molecule has 0 radical (unpaired) electrons. The molecule has 98 valence electrons. The fourth-order valence-electron chi connectivity index (χ4n) is 1.62. The van der Waals surface area contributed by atoms with Crippen molar-refractivity contribution in [3.63, 3.8) is 0 Å². The summed E-state index contributed by atoms with van der Waals surface area (Å²) in [7, 11) is 3.45. The SMILES string of the molecule is COCCCCn1cncc1CNCCOC. The third-order valence-corrected chi connectivity index (χ3v) is 2.59. The maximum atomic E-state index is 5.03. The number of aryl methyl sites for hydroxylation is 1. The standard InChI is InChI=1S/C12H23N3O2/c1-16-7-4-3-6-15-11-14-10-12(15)9-13-5-8-17-2/h10-11,13H,3-9H2,1-2H3. The van der Waals surface area contributed by atoms with E-state index < -0.39 is 0 Å². The number of ether oxygens (including phenoxy) is 2. The predicted octanol–water partition coefficient (Wildman–Crippen LogP) is 1.05. The van der Waals surface area contributed by atoms with E-state index in [-0.39, 0.29) is 0 Å². The zero-order valence-electron chi connectivity index (χ0n) is 10.8. The van der Waals surface area contributed by atoms with Gasteiger partial charge >= 0.3 is 0 Å². The highest BCUT2D eigenvalue weighted by Gasteiger charge is 2.01. The lowest BCUT2D eigenvalue weighted by Gasteiger charge is -2.08. The van der Waals surface area contributed by atoms with Crippen molar-refractivity contribution in [2.75, 3.05) is 34.0 Å². The van der Waals surface area contributed by atoms with Crippen LogP contribution in [0.5, 0.6) is 0 Å². The summed E-state index contributed by atoms with van der Waals surface area (Å²) in [5, 5.41) is 3.32. The van der Waals surface area contributed by atoms with Crippen LogP contribution in [0, 0.1) is 0 Å². The van der Waals surface area contributed by atoms with Crippen LogP contribution in [0.4, 0.5) is 0 Å². The molecule has 0 spiro atoms. The van der Waals surface area contributed by atoms with Gasteiger partial charge in [-0.05, 0) is 12.8 Å². The number of unbranched alkanes of at least 4 members (excludes halogenated alkanes) is 1. The summed E-state index contributed by atoms with van der Waals surface area (Å²) >= 11 is 0. The van der Waals surface area contributed by atoms with Gasteiger partial charge in [0, 0.05) is 46.7 Å². The van der Waals surface area contributed by atoms with E-state index in [2.05, 4.69) is 14.9 Å². The van der Waals surface area contributed by atoms with Crippen molar-refractivity contribution in [2.45, 2.75) is 25.9 Å². The Labute approximate surface area is 103 Å². The number of nitrogens with one attached hydrogen (secondary N) is 1. The van der Waals surface area contributed by atoms with Crippen LogP contribution in [-0.2, 0) is 22.6 Å². The van der Waals surface area contributed by atoms with E-state index >= 15 is 0 Å². The first-order chi connectivity index (χ1) is 8.38.